The maximum atomic E-state index is 7.23. The first-order valence-corrected chi connectivity index (χ1v) is 16.9. The van der Waals surface area contributed by atoms with E-state index in [1.54, 1.807) is 29.5 Å². The van der Waals surface area contributed by atoms with Gasteiger partial charge in [-0.25, -0.2) is 0 Å². The van der Waals surface area contributed by atoms with Gasteiger partial charge >= 0.3 is 0 Å². The van der Waals surface area contributed by atoms with Crippen LogP contribution >= 0.6 is 11.3 Å². The molecule has 8 rings (SSSR count). The summed E-state index contributed by atoms with van der Waals surface area (Å²) in [6.45, 7) is 4.77. The van der Waals surface area contributed by atoms with Gasteiger partial charge in [0.2, 0.25) is 0 Å². The molecule has 0 aliphatic heterocycles. The predicted octanol–water partition coefficient (Wildman–Crippen LogP) is 11.8. The van der Waals surface area contributed by atoms with Crippen molar-refractivity contribution in [2.24, 2.45) is 5.41 Å². The van der Waals surface area contributed by atoms with E-state index in [1.807, 2.05) is 18.2 Å². The fourth-order valence-corrected chi connectivity index (χ4v) is 6.73. The molecule has 0 spiro atoms. The van der Waals surface area contributed by atoms with E-state index in [4.69, 9.17) is 9.10 Å². The van der Waals surface area contributed by atoms with Gasteiger partial charge in [-0.3, -0.25) is 16.3 Å². The second kappa shape index (κ2) is 14.8. The van der Waals surface area contributed by atoms with Crippen LogP contribution in [0.15, 0.2) is 140 Å². The summed E-state index contributed by atoms with van der Waals surface area (Å²) in [4.78, 5) is 9.23. The molecule has 0 unspecified atom stereocenters. The molecule has 245 valence electrons. The van der Waals surface area contributed by atoms with E-state index >= 15 is 0 Å². The Morgan fingerprint density at radius 3 is 2.27 bits per heavy atom. The smallest absolute Gasteiger partial charge is 0.0774 e. The number of para-hydroxylation sites is 2. The van der Waals surface area contributed by atoms with Crippen LogP contribution < -0.4 is 0 Å². The molecule has 0 N–H and O–H groups in total. The second-order valence-corrected chi connectivity index (χ2v) is 13.9. The zero-order valence-electron chi connectivity index (χ0n) is 30.6. The molecule has 0 saturated heterocycles. The number of aryl methyl sites for hydroxylation is 1. The first kappa shape index (κ1) is 30.4. The van der Waals surface area contributed by atoms with Gasteiger partial charge in [-0.1, -0.05) is 121 Å². The molecular weight excluding hydrogens is 795 g/mol. The number of aromatic nitrogens is 3. The molecule has 3 nitrogen and oxygen atoms in total. The normalized spacial score (nSPS) is 12.3. The zero-order chi connectivity index (χ0) is 35.6. The maximum absolute atomic E-state index is 7.23. The summed E-state index contributed by atoms with van der Waals surface area (Å²) >= 11 is 1.67. The molecule has 0 aliphatic carbocycles. The minimum atomic E-state index is -2.09. The summed E-state index contributed by atoms with van der Waals surface area (Å²) in [5.74, 6) is 0.942. The van der Waals surface area contributed by atoms with E-state index in [0.717, 1.165) is 45.8 Å². The van der Waals surface area contributed by atoms with Crippen molar-refractivity contribution in [3.05, 3.63) is 162 Å². The number of fused-ring (bicyclic) bond motifs is 2. The maximum Gasteiger partial charge on any atom is 0.0774 e. The van der Waals surface area contributed by atoms with Crippen molar-refractivity contribution >= 4 is 32.5 Å². The van der Waals surface area contributed by atoms with Gasteiger partial charge in [0.05, 0.1) is 16.9 Å². The summed E-state index contributed by atoms with van der Waals surface area (Å²) in [7, 11) is 0. The number of rotatable bonds is 5. The van der Waals surface area contributed by atoms with Gasteiger partial charge in [-0.05, 0) is 65.3 Å². The number of thiophene rings is 1. The van der Waals surface area contributed by atoms with Crippen LogP contribution in [0.4, 0.5) is 0 Å². The summed E-state index contributed by atoms with van der Waals surface area (Å²) in [5, 5.41) is 4.82. The number of hydrogen-bond donors (Lipinski definition) is 0. The standard InChI is InChI=1S/C32H27N2S.C12H10N.Ir/c1-32(2,3)20-22-13-18-30-26(19-22)27(21-35-30)31-33-28-11-7-8-12-29(28)34(31)25-16-14-24(15-17-25)23-9-5-4-6-10-23;1-10-7-8-12(13-9-10)11-5-3-2-4-6-11;/h4-19H,20H2,1-3H3;2-5,7-9H,1H3;/q2*-1;/i;1D3;. The summed E-state index contributed by atoms with van der Waals surface area (Å²) in [5.41, 5.74) is 10.1. The van der Waals surface area contributed by atoms with E-state index in [1.165, 1.54) is 33.0 Å². The van der Waals surface area contributed by atoms with Crippen LogP contribution in [0.2, 0.25) is 0 Å². The third kappa shape index (κ3) is 7.81. The molecular formula is C44H37IrN3S-2. The van der Waals surface area contributed by atoms with Crippen molar-refractivity contribution in [2.75, 3.05) is 0 Å². The van der Waals surface area contributed by atoms with E-state index in [0.29, 0.717) is 0 Å². The summed E-state index contributed by atoms with van der Waals surface area (Å²) in [6.07, 6.45) is 2.43. The van der Waals surface area contributed by atoms with Crippen LogP contribution in [0.1, 0.15) is 36.0 Å². The van der Waals surface area contributed by atoms with Crippen LogP contribution in [0.25, 0.3) is 60.6 Å². The second-order valence-electron chi connectivity index (χ2n) is 13.0. The predicted molar refractivity (Wildman–Crippen MR) is 203 cm³/mol. The van der Waals surface area contributed by atoms with E-state index in [9.17, 15) is 0 Å². The Kier molecular flexibility index (Phi) is 9.20. The van der Waals surface area contributed by atoms with Crippen molar-refractivity contribution in [1.82, 2.24) is 14.5 Å². The molecule has 5 heteroatoms. The first-order valence-electron chi connectivity index (χ1n) is 17.5. The quantitative estimate of drug-likeness (QED) is 0.162. The van der Waals surface area contributed by atoms with Gasteiger partial charge in [0.15, 0.2) is 0 Å². The fraction of sp³-hybridized carbons (Fsp3) is 0.136. The number of imidazole rings is 1. The molecule has 0 saturated carbocycles. The Labute approximate surface area is 310 Å². The zero-order valence-corrected chi connectivity index (χ0v) is 30.8. The van der Waals surface area contributed by atoms with Crippen LogP contribution in [0.5, 0.6) is 0 Å². The minimum absolute atomic E-state index is 0. The molecule has 3 aromatic heterocycles. The van der Waals surface area contributed by atoms with E-state index in [2.05, 4.69) is 139 Å². The number of hydrogen-bond acceptors (Lipinski definition) is 3. The van der Waals surface area contributed by atoms with Crippen molar-refractivity contribution < 1.29 is 24.2 Å². The topological polar surface area (TPSA) is 30.7 Å². The molecule has 0 amide bonds. The van der Waals surface area contributed by atoms with Crippen molar-refractivity contribution in [3.8, 4) is 39.5 Å². The molecule has 1 radical (unpaired) electrons. The van der Waals surface area contributed by atoms with Crippen LogP contribution in [-0.4, -0.2) is 14.5 Å². The average Bonchev–Trinajstić information content (AvgIpc) is 3.73. The third-order valence-corrected chi connectivity index (χ3v) is 8.96. The average molecular weight is 835 g/mol. The largest absolute Gasteiger partial charge is 0.333 e. The fourth-order valence-electron chi connectivity index (χ4n) is 5.91. The van der Waals surface area contributed by atoms with Gasteiger partial charge < -0.3 is 9.55 Å². The van der Waals surface area contributed by atoms with Gasteiger partial charge in [-0.2, -0.15) is 0 Å². The molecule has 0 aliphatic rings. The Morgan fingerprint density at radius 2 is 1.55 bits per heavy atom. The van der Waals surface area contributed by atoms with Crippen LogP contribution in [0.3, 0.4) is 0 Å². The van der Waals surface area contributed by atoms with Crippen molar-refractivity contribution in [2.45, 2.75) is 34.0 Å². The minimum Gasteiger partial charge on any atom is -0.333 e. The Bertz CT molecular complexity index is 2390. The molecule has 0 bridgehead atoms. The third-order valence-electron chi connectivity index (χ3n) is 8.08. The number of nitrogens with zero attached hydrogens (tertiary/aromatic N) is 3. The SMILES string of the molecule is CC(C)(C)Cc1ccc2s[c-]c(-c3nc4ccccc4n3-c3ccc(-c4ccccc4)cc3)c2c1.[2H]C([2H])([2H])c1ccc(-c2[c-]cccc2)nc1.[Ir]. The molecule has 49 heavy (non-hydrogen) atoms. The Balaban J connectivity index is 0.000000230. The van der Waals surface area contributed by atoms with Crippen molar-refractivity contribution in [3.63, 3.8) is 0 Å². The molecule has 5 aromatic carbocycles. The van der Waals surface area contributed by atoms with E-state index in [-0.39, 0.29) is 31.1 Å². The molecule has 0 atom stereocenters. The van der Waals surface area contributed by atoms with Gasteiger partial charge in [-0.15, -0.1) is 47.3 Å². The number of benzene rings is 5. The monoisotopic (exact) mass is 835 g/mol. The van der Waals surface area contributed by atoms with Gasteiger partial charge in [0, 0.05) is 36.1 Å². The van der Waals surface area contributed by atoms with Crippen LogP contribution in [-0.2, 0) is 26.5 Å². The van der Waals surface area contributed by atoms with Gasteiger partial charge in [0.25, 0.3) is 0 Å². The van der Waals surface area contributed by atoms with Gasteiger partial charge in [0.1, 0.15) is 0 Å². The molecule has 0 fully saturated rings. The van der Waals surface area contributed by atoms with E-state index < -0.39 is 6.85 Å². The first-order chi connectivity index (χ1) is 24.5. The van der Waals surface area contributed by atoms with Crippen molar-refractivity contribution in [1.29, 1.82) is 0 Å². The number of pyridine rings is 1. The Morgan fingerprint density at radius 1 is 0.796 bits per heavy atom. The molecule has 3 heterocycles. The van der Waals surface area contributed by atoms with Crippen LogP contribution in [0, 0.1) is 23.7 Å². The summed E-state index contributed by atoms with van der Waals surface area (Å²) in [6, 6.07) is 48.3. The molecule has 8 aromatic rings. The summed E-state index contributed by atoms with van der Waals surface area (Å²) < 4.78 is 25.2. The Hall–Kier alpha value is -4.67.